The maximum absolute atomic E-state index is 12.5. The molecule has 0 saturated heterocycles. The van der Waals surface area contributed by atoms with E-state index in [1.165, 1.54) is 6.07 Å². The van der Waals surface area contributed by atoms with Gasteiger partial charge in [-0.05, 0) is 50.1 Å². The minimum absolute atomic E-state index is 0.0289. The standard InChI is InChI=1S/C27H31N3O4/c1-5-19-24(15-17(2)30(3)4)34-23-10-7-6-9-21(23)25(19)20-12-11-18(16-22(20)27(32)33)26(31)29-14-8-13-28/h5-6,9-12,15-16H,1,7-8,13-14,28H2,2-4H3,(H,29,31)(H,32,33)/b17-15+. The van der Waals surface area contributed by atoms with Crippen LogP contribution < -0.4 is 11.1 Å². The Morgan fingerprint density at radius 1 is 1.32 bits per heavy atom. The average molecular weight is 462 g/mol. The van der Waals surface area contributed by atoms with E-state index in [9.17, 15) is 14.7 Å². The van der Waals surface area contributed by atoms with Crippen molar-refractivity contribution in [3.8, 4) is 0 Å². The van der Waals surface area contributed by atoms with Gasteiger partial charge in [-0.3, -0.25) is 4.79 Å². The van der Waals surface area contributed by atoms with Crippen molar-refractivity contribution < 1.29 is 19.4 Å². The number of carboxylic acids is 1. The van der Waals surface area contributed by atoms with Crippen LogP contribution >= 0.6 is 0 Å². The Morgan fingerprint density at radius 2 is 2.09 bits per heavy atom. The van der Waals surface area contributed by atoms with Gasteiger partial charge in [0.1, 0.15) is 11.5 Å². The van der Waals surface area contributed by atoms with E-state index in [4.69, 9.17) is 10.5 Å². The van der Waals surface area contributed by atoms with Crippen LogP contribution in [-0.2, 0) is 4.74 Å². The molecule has 1 aromatic carbocycles. The number of fused-ring (bicyclic) bond motifs is 1. The largest absolute Gasteiger partial charge is 0.478 e. The molecule has 3 rings (SSSR count). The van der Waals surface area contributed by atoms with Gasteiger partial charge in [-0.1, -0.05) is 30.9 Å². The van der Waals surface area contributed by atoms with E-state index in [1.807, 2.05) is 50.2 Å². The number of carbonyl (C=O) groups is 2. The van der Waals surface area contributed by atoms with Gasteiger partial charge in [-0.2, -0.15) is 0 Å². The molecule has 0 atom stereocenters. The van der Waals surface area contributed by atoms with Crippen LogP contribution in [0.15, 0.2) is 83.5 Å². The second kappa shape index (κ2) is 10.9. The van der Waals surface area contributed by atoms with Crippen molar-refractivity contribution in [2.75, 3.05) is 27.2 Å². The predicted molar refractivity (Wildman–Crippen MR) is 134 cm³/mol. The molecule has 0 radical (unpaired) electrons. The fraction of sp³-hybridized carbons (Fsp3) is 0.259. The van der Waals surface area contributed by atoms with Gasteiger partial charge >= 0.3 is 5.97 Å². The van der Waals surface area contributed by atoms with Crippen LogP contribution in [0.3, 0.4) is 0 Å². The molecule has 7 heteroatoms. The van der Waals surface area contributed by atoms with E-state index in [0.29, 0.717) is 54.2 Å². The van der Waals surface area contributed by atoms with Crippen LogP contribution in [0.1, 0.15) is 46.0 Å². The molecular formula is C27H31N3O4. The molecule has 34 heavy (non-hydrogen) atoms. The molecule has 7 nitrogen and oxygen atoms in total. The topological polar surface area (TPSA) is 105 Å². The van der Waals surface area contributed by atoms with Crippen molar-refractivity contribution >= 4 is 17.4 Å². The number of hydrogen-bond acceptors (Lipinski definition) is 5. The summed E-state index contributed by atoms with van der Waals surface area (Å²) in [6, 6.07) is 4.73. The smallest absolute Gasteiger partial charge is 0.336 e. The summed E-state index contributed by atoms with van der Waals surface area (Å²) in [4.78, 5) is 26.8. The molecule has 1 aromatic rings. The van der Waals surface area contributed by atoms with Crippen LogP contribution in [0.25, 0.3) is 5.57 Å². The van der Waals surface area contributed by atoms with Gasteiger partial charge in [0.2, 0.25) is 0 Å². The van der Waals surface area contributed by atoms with Crippen molar-refractivity contribution in [3.63, 3.8) is 0 Å². The molecule has 0 bridgehead atoms. The number of nitrogens with zero attached hydrogens (tertiary/aromatic N) is 1. The third-order valence-electron chi connectivity index (χ3n) is 5.71. The van der Waals surface area contributed by atoms with E-state index in [2.05, 4.69) is 11.9 Å². The number of nitrogens with two attached hydrogens (primary N) is 1. The number of carboxylic acid groups (broad SMARTS) is 1. The minimum atomic E-state index is -1.12. The summed E-state index contributed by atoms with van der Waals surface area (Å²) >= 11 is 0. The van der Waals surface area contributed by atoms with Crippen molar-refractivity contribution in [3.05, 3.63) is 100 Å². The molecule has 0 aromatic heterocycles. The molecule has 0 saturated carbocycles. The Hall–Kier alpha value is -3.84. The normalized spacial score (nSPS) is 15.4. The highest BCUT2D eigenvalue weighted by Crippen LogP contribution is 2.42. The summed E-state index contributed by atoms with van der Waals surface area (Å²) in [5, 5.41) is 12.8. The summed E-state index contributed by atoms with van der Waals surface area (Å²) < 4.78 is 6.22. The quantitative estimate of drug-likeness (QED) is 0.480. The SMILES string of the molecule is C=CC1=C(/C=C(\C)N(C)C)OC2=CCC=CC2=C1c1ccc(C(=O)NCCCN)cc1C(=O)O. The van der Waals surface area contributed by atoms with Crippen LogP contribution in [0.4, 0.5) is 0 Å². The Bertz CT molecular complexity index is 1170. The number of allylic oxidation sites excluding steroid dienone is 8. The van der Waals surface area contributed by atoms with Crippen LogP contribution in [0, 0.1) is 0 Å². The Balaban J connectivity index is 2.21. The summed E-state index contributed by atoms with van der Waals surface area (Å²) in [5.74, 6) is -0.209. The zero-order valence-corrected chi connectivity index (χ0v) is 19.9. The van der Waals surface area contributed by atoms with Gasteiger partial charge in [0.05, 0.1) is 5.56 Å². The number of rotatable bonds is 9. The highest BCUT2D eigenvalue weighted by atomic mass is 16.5. The first-order valence-corrected chi connectivity index (χ1v) is 11.2. The number of aromatic carboxylic acids is 1. The second-order valence-electron chi connectivity index (χ2n) is 8.22. The van der Waals surface area contributed by atoms with E-state index in [0.717, 1.165) is 11.3 Å². The maximum atomic E-state index is 12.5. The molecular weight excluding hydrogens is 430 g/mol. The van der Waals surface area contributed by atoms with E-state index in [1.54, 1.807) is 18.2 Å². The van der Waals surface area contributed by atoms with Gasteiger partial charge in [0.15, 0.2) is 0 Å². The average Bonchev–Trinajstić information content (AvgIpc) is 2.82. The molecule has 1 aliphatic heterocycles. The molecule has 1 amide bonds. The van der Waals surface area contributed by atoms with Crippen molar-refractivity contribution in [1.29, 1.82) is 0 Å². The zero-order valence-electron chi connectivity index (χ0n) is 19.9. The number of amides is 1. The Morgan fingerprint density at radius 3 is 2.74 bits per heavy atom. The van der Waals surface area contributed by atoms with Crippen LogP contribution in [0.2, 0.25) is 0 Å². The molecule has 1 heterocycles. The molecule has 0 unspecified atom stereocenters. The van der Waals surface area contributed by atoms with Crippen LogP contribution in [-0.4, -0.2) is 49.1 Å². The number of benzene rings is 1. The first kappa shape index (κ1) is 24.8. The first-order valence-electron chi connectivity index (χ1n) is 11.2. The lowest BCUT2D eigenvalue weighted by atomic mass is 9.84. The monoisotopic (exact) mass is 461 g/mol. The van der Waals surface area contributed by atoms with E-state index < -0.39 is 5.97 Å². The molecule has 0 fully saturated rings. The van der Waals surface area contributed by atoms with Gasteiger partial charge in [-0.15, -0.1) is 0 Å². The van der Waals surface area contributed by atoms with Crippen molar-refractivity contribution in [2.24, 2.45) is 5.73 Å². The lowest BCUT2D eigenvalue weighted by molar-refractivity contribution is 0.0696. The number of nitrogens with one attached hydrogen (secondary N) is 1. The summed E-state index contributed by atoms with van der Waals surface area (Å²) in [6.45, 7) is 6.83. The third-order valence-corrected chi connectivity index (χ3v) is 5.71. The fourth-order valence-electron chi connectivity index (χ4n) is 3.70. The lowest BCUT2D eigenvalue weighted by Gasteiger charge is -2.28. The van der Waals surface area contributed by atoms with Gasteiger partial charge in [-0.25, -0.2) is 4.79 Å². The summed E-state index contributed by atoms with van der Waals surface area (Å²) in [6.07, 6.45) is 10.8. The first-order chi connectivity index (χ1) is 16.3. The van der Waals surface area contributed by atoms with Gasteiger partial charge < -0.3 is 25.8 Å². The highest BCUT2D eigenvalue weighted by molar-refractivity contribution is 6.03. The lowest BCUT2D eigenvalue weighted by Crippen LogP contribution is -2.26. The molecule has 0 spiro atoms. The number of ether oxygens (including phenoxy) is 1. The van der Waals surface area contributed by atoms with Gasteiger partial charge in [0, 0.05) is 54.7 Å². The summed E-state index contributed by atoms with van der Waals surface area (Å²) in [5.41, 5.74) is 9.41. The van der Waals surface area contributed by atoms with Gasteiger partial charge in [0.25, 0.3) is 5.91 Å². The van der Waals surface area contributed by atoms with E-state index in [-0.39, 0.29) is 17.0 Å². The maximum Gasteiger partial charge on any atom is 0.336 e. The third kappa shape index (κ3) is 5.21. The van der Waals surface area contributed by atoms with Crippen LogP contribution in [0.5, 0.6) is 0 Å². The minimum Gasteiger partial charge on any atom is -0.478 e. The predicted octanol–water partition coefficient (Wildman–Crippen LogP) is 4.00. The highest BCUT2D eigenvalue weighted by Gasteiger charge is 2.29. The molecule has 4 N–H and O–H groups in total. The van der Waals surface area contributed by atoms with Crippen molar-refractivity contribution in [2.45, 2.75) is 19.8 Å². The second-order valence-corrected chi connectivity index (χ2v) is 8.22. The zero-order chi connectivity index (χ0) is 24.8. The Kier molecular flexibility index (Phi) is 7.91. The summed E-state index contributed by atoms with van der Waals surface area (Å²) in [7, 11) is 3.88. The number of carbonyl (C=O) groups excluding carboxylic acids is 1. The Labute approximate surface area is 200 Å². The number of hydrogen-bond donors (Lipinski definition) is 3. The van der Waals surface area contributed by atoms with Crippen molar-refractivity contribution in [1.82, 2.24) is 10.2 Å². The molecule has 2 aliphatic rings. The molecule has 178 valence electrons. The molecule has 1 aliphatic carbocycles. The van der Waals surface area contributed by atoms with E-state index >= 15 is 0 Å². The fourth-order valence-corrected chi connectivity index (χ4v) is 3.70.